The third-order valence-corrected chi connectivity index (χ3v) is 6.09. The summed E-state index contributed by atoms with van der Waals surface area (Å²) in [5.41, 5.74) is 5.73. The molecule has 0 aliphatic heterocycles. The Labute approximate surface area is 220 Å². The fourth-order valence-corrected chi connectivity index (χ4v) is 3.61. The van der Waals surface area contributed by atoms with Gasteiger partial charge in [0.15, 0.2) is 0 Å². The molecule has 0 bridgehead atoms. The zero-order valence-corrected chi connectivity index (χ0v) is 22.9. The molecule has 0 saturated carbocycles. The molecule has 37 heavy (non-hydrogen) atoms. The first-order valence-corrected chi connectivity index (χ1v) is 12.9. The van der Waals surface area contributed by atoms with Gasteiger partial charge in [-0.1, -0.05) is 19.1 Å². The molecule has 9 nitrogen and oxygen atoms in total. The molecule has 0 heterocycles. The predicted octanol–water partition coefficient (Wildman–Crippen LogP) is 3.62. The minimum absolute atomic E-state index is 0.0336. The van der Waals surface area contributed by atoms with Gasteiger partial charge in [0.05, 0.1) is 24.2 Å². The largest absolute Gasteiger partial charge is 0.373 e. The summed E-state index contributed by atoms with van der Waals surface area (Å²) in [4.78, 5) is 58.4. The van der Waals surface area contributed by atoms with Gasteiger partial charge in [0.2, 0.25) is 17.7 Å². The van der Waals surface area contributed by atoms with Gasteiger partial charge in [0, 0.05) is 31.4 Å². The fourth-order valence-electron chi connectivity index (χ4n) is 3.61. The number of aryl methyl sites for hydroxylation is 1. The summed E-state index contributed by atoms with van der Waals surface area (Å²) in [6, 6.07) is 7.22. The number of hydrogen-bond acceptors (Lipinski definition) is 6. The summed E-state index contributed by atoms with van der Waals surface area (Å²) in [5.74, 6) is -0.934. The fraction of sp³-hybridized carbons (Fsp3) is 0.607. The van der Waals surface area contributed by atoms with Gasteiger partial charge in [-0.2, -0.15) is 0 Å². The van der Waals surface area contributed by atoms with Crippen molar-refractivity contribution in [3.63, 3.8) is 0 Å². The average molecular weight is 518 g/mol. The highest BCUT2D eigenvalue weighted by Gasteiger charge is 2.28. The standard InChI is InChI=1S/C28H43N3O6/c1-6-28(5,17-16-24(29)34)37-19-27(3,4)31-26(36)9-7-8-25(35)30-22-13-10-21(11-14-22)12-15-23(33)18-20(2)32/h10-11,13-14H,6-9,12,15-19H2,1-5H3,(H2,29,34)(H,30,35)(H,31,36). The van der Waals surface area contributed by atoms with Crippen molar-refractivity contribution in [1.29, 1.82) is 0 Å². The van der Waals surface area contributed by atoms with Crippen LogP contribution in [0.2, 0.25) is 0 Å². The van der Waals surface area contributed by atoms with Crippen LogP contribution in [0.5, 0.6) is 0 Å². The number of ketones is 2. The molecule has 0 aliphatic rings. The van der Waals surface area contributed by atoms with Gasteiger partial charge in [0.25, 0.3) is 0 Å². The van der Waals surface area contributed by atoms with Crippen molar-refractivity contribution < 1.29 is 28.7 Å². The molecule has 206 valence electrons. The molecule has 1 aromatic carbocycles. The highest BCUT2D eigenvalue weighted by Crippen LogP contribution is 2.23. The lowest BCUT2D eigenvalue weighted by atomic mass is 9.95. The first-order chi connectivity index (χ1) is 17.2. The highest BCUT2D eigenvalue weighted by molar-refractivity contribution is 5.98. The van der Waals surface area contributed by atoms with Gasteiger partial charge >= 0.3 is 0 Å². The van der Waals surface area contributed by atoms with Crippen LogP contribution in [0.1, 0.15) is 91.5 Å². The number of carbonyl (C=O) groups is 5. The second-order valence-electron chi connectivity index (χ2n) is 10.5. The molecule has 0 aliphatic carbocycles. The lowest BCUT2D eigenvalue weighted by Gasteiger charge is -2.34. The van der Waals surface area contributed by atoms with Crippen molar-refractivity contribution >= 4 is 35.0 Å². The Hall–Kier alpha value is -3.07. The number of carbonyl (C=O) groups excluding carboxylic acids is 5. The molecular formula is C28H43N3O6. The Morgan fingerprint density at radius 2 is 1.54 bits per heavy atom. The number of Topliss-reactive ketones (excluding diaryl/α,β-unsaturated/α-hetero) is 2. The number of hydrogen-bond donors (Lipinski definition) is 3. The molecule has 0 aromatic heterocycles. The second kappa shape index (κ2) is 15.2. The van der Waals surface area contributed by atoms with Gasteiger partial charge < -0.3 is 21.1 Å². The molecule has 1 rings (SSSR count). The number of primary amides is 1. The number of nitrogens with one attached hydrogen (secondary N) is 2. The van der Waals surface area contributed by atoms with Crippen LogP contribution in [0, 0.1) is 0 Å². The van der Waals surface area contributed by atoms with Gasteiger partial charge in [-0.3, -0.25) is 24.0 Å². The first-order valence-electron chi connectivity index (χ1n) is 12.9. The van der Waals surface area contributed by atoms with Crippen molar-refractivity contribution in [2.45, 2.75) is 104 Å². The Bertz CT molecular complexity index is 942. The van der Waals surface area contributed by atoms with Crippen LogP contribution in [0.25, 0.3) is 0 Å². The van der Waals surface area contributed by atoms with Crippen LogP contribution in [0.15, 0.2) is 24.3 Å². The van der Waals surface area contributed by atoms with Crippen molar-refractivity contribution in [3.8, 4) is 0 Å². The number of amides is 3. The first kappa shape index (κ1) is 32.0. The van der Waals surface area contributed by atoms with E-state index in [0.717, 1.165) is 5.56 Å². The number of ether oxygens (including phenoxy) is 1. The van der Waals surface area contributed by atoms with Gasteiger partial charge in [-0.05, 0) is 71.1 Å². The Kier molecular flexibility index (Phi) is 13.2. The molecule has 0 saturated heterocycles. The molecule has 1 unspecified atom stereocenters. The molecule has 4 N–H and O–H groups in total. The minimum Gasteiger partial charge on any atom is -0.373 e. The summed E-state index contributed by atoms with van der Waals surface area (Å²) >= 11 is 0. The predicted molar refractivity (Wildman–Crippen MR) is 143 cm³/mol. The number of rotatable bonds is 18. The summed E-state index contributed by atoms with van der Waals surface area (Å²) < 4.78 is 6.04. The topological polar surface area (TPSA) is 145 Å². The van der Waals surface area contributed by atoms with Crippen molar-refractivity contribution in [1.82, 2.24) is 5.32 Å². The Balaban J connectivity index is 2.38. The number of anilines is 1. The second-order valence-corrected chi connectivity index (χ2v) is 10.5. The SMILES string of the molecule is CCC(C)(CCC(N)=O)OCC(C)(C)NC(=O)CCCC(=O)Nc1ccc(CCC(=O)CC(C)=O)cc1. The Morgan fingerprint density at radius 3 is 2.11 bits per heavy atom. The van der Waals surface area contributed by atoms with E-state index in [9.17, 15) is 24.0 Å². The van der Waals surface area contributed by atoms with E-state index >= 15 is 0 Å². The maximum atomic E-state index is 12.4. The average Bonchev–Trinajstić information content (AvgIpc) is 2.80. The third kappa shape index (κ3) is 14.3. The van der Waals surface area contributed by atoms with Gasteiger partial charge in [-0.15, -0.1) is 0 Å². The van der Waals surface area contributed by atoms with E-state index in [1.807, 2.05) is 39.8 Å². The molecule has 1 atom stereocenters. The van der Waals surface area contributed by atoms with Crippen molar-refractivity contribution in [3.05, 3.63) is 29.8 Å². The van der Waals surface area contributed by atoms with Crippen LogP contribution < -0.4 is 16.4 Å². The van der Waals surface area contributed by atoms with E-state index < -0.39 is 11.1 Å². The molecule has 1 aromatic rings. The van der Waals surface area contributed by atoms with Crippen LogP contribution >= 0.6 is 0 Å². The van der Waals surface area contributed by atoms with E-state index in [1.165, 1.54) is 6.92 Å². The van der Waals surface area contributed by atoms with Crippen LogP contribution in [0.3, 0.4) is 0 Å². The van der Waals surface area contributed by atoms with Gasteiger partial charge in [0.1, 0.15) is 11.6 Å². The van der Waals surface area contributed by atoms with Gasteiger partial charge in [-0.25, -0.2) is 0 Å². The zero-order chi connectivity index (χ0) is 28.1. The van der Waals surface area contributed by atoms with E-state index in [1.54, 1.807) is 12.1 Å². The number of benzene rings is 1. The molecule has 0 radical (unpaired) electrons. The maximum Gasteiger partial charge on any atom is 0.224 e. The molecule has 0 spiro atoms. The minimum atomic E-state index is -0.610. The summed E-state index contributed by atoms with van der Waals surface area (Å²) in [6.45, 7) is 9.32. The van der Waals surface area contributed by atoms with Crippen molar-refractivity contribution in [2.75, 3.05) is 11.9 Å². The monoisotopic (exact) mass is 517 g/mol. The highest BCUT2D eigenvalue weighted by atomic mass is 16.5. The third-order valence-electron chi connectivity index (χ3n) is 6.09. The normalized spacial score (nSPS) is 12.9. The molecule has 3 amide bonds. The summed E-state index contributed by atoms with van der Waals surface area (Å²) in [5, 5.41) is 5.76. The van der Waals surface area contributed by atoms with E-state index in [0.29, 0.717) is 37.8 Å². The lowest BCUT2D eigenvalue weighted by molar-refractivity contribution is -0.127. The van der Waals surface area contributed by atoms with E-state index in [4.69, 9.17) is 10.5 Å². The smallest absolute Gasteiger partial charge is 0.224 e. The maximum absolute atomic E-state index is 12.4. The summed E-state index contributed by atoms with van der Waals surface area (Å²) in [6.07, 6.45) is 3.09. The zero-order valence-electron chi connectivity index (χ0n) is 22.9. The van der Waals surface area contributed by atoms with Crippen LogP contribution in [0.4, 0.5) is 5.69 Å². The van der Waals surface area contributed by atoms with Crippen LogP contribution in [-0.4, -0.2) is 47.0 Å². The molecule has 9 heteroatoms. The number of nitrogens with two attached hydrogens (primary N) is 1. The van der Waals surface area contributed by atoms with Crippen LogP contribution in [-0.2, 0) is 35.1 Å². The van der Waals surface area contributed by atoms with Crippen molar-refractivity contribution in [2.24, 2.45) is 5.73 Å². The molecular weight excluding hydrogens is 474 g/mol. The Morgan fingerprint density at radius 1 is 0.919 bits per heavy atom. The summed E-state index contributed by atoms with van der Waals surface area (Å²) in [7, 11) is 0. The molecule has 0 fully saturated rings. The van der Waals surface area contributed by atoms with E-state index in [2.05, 4.69) is 10.6 Å². The lowest BCUT2D eigenvalue weighted by Crippen LogP contribution is -2.49. The van der Waals surface area contributed by atoms with E-state index in [-0.39, 0.29) is 61.6 Å². The quantitative estimate of drug-likeness (QED) is 0.254.